The second-order valence-corrected chi connectivity index (χ2v) is 6.27. The van der Waals surface area contributed by atoms with E-state index in [4.69, 9.17) is 11.6 Å². The maximum Gasteiger partial charge on any atom is 0.225 e. The van der Waals surface area contributed by atoms with Crippen molar-refractivity contribution in [3.05, 3.63) is 54.1 Å². The summed E-state index contributed by atoms with van der Waals surface area (Å²) < 4.78 is 1.90. The largest absolute Gasteiger partial charge is 0.338 e. The minimum absolute atomic E-state index is 0.683. The van der Waals surface area contributed by atoms with Gasteiger partial charge in [0.1, 0.15) is 6.33 Å². The summed E-state index contributed by atoms with van der Waals surface area (Å²) >= 11 is 6.30. The molecule has 0 spiro atoms. The van der Waals surface area contributed by atoms with E-state index in [0.29, 0.717) is 11.7 Å². The SMILES string of the molecule is Clc1ccccc1-c1ncnn1CN1CCN(c2ncccn2)CC1. The van der Waals surface area contributed by atoms with Crippen molar-refractivity contribution >= 4 is 17.5 Å². The summed E-state index contributed by atoms with van der Waals surface area (Å²) in [6, 6.07) is 9.54. The third-order valence-electron chi connectivity index (χ3n) is 4.27. The monoisotopic (exact) mass is 355 g/mol. The molecule has 1 aromatic carbocycles. The van der Waals surface area contributed by atoms with Gasteiger partial charge in [0.05, 0.1) is 11.7 Å². The summed E-state index contributed by atoms with van der Waals surface area (Å²) in [5.74, 6) is 1.58. The average molecular weight is 356 g/mol. The van der Waals surface area contributed by atoms with Crippen molar-refractivity contribution in [2.75, 3.05) is 31.1 Å². The highest BCUT2D eigenvalue weighted by molar-refractivity contribution is 6.33. The van der Waals surface area contributed by atoms with E-state index in [1.54, 1.807) is 18.7 Å². The lowest BCUT2D eigenvalue weighted by molar-refractivity contribution is 0.196. The third-order valence-corrected chi connectivity index (χ3v) is 4.60. The van der Waals surface area contributed by atoms with Gasteiger partial charge in [-0.3, -0.25) is 4.90 Å². The molecule has 1 fully saturated rings. The van der Waals surface area contributed by atoms with Gasteiger partial charge in [-0.2, -0.15) is 5.10 Å². The average Bonchev–Trinajstić information content (AvgIpc) is 3.11. The standard InChI is InChI=1S/C17H18ClN7/c18-15-5-2-1-4-14(15)16-21-12-22-25(16)13-23-8-10-24(11-9-23)17-19-6-3-7-20-17/h1-7,12H,8-11,13H2. The van der Waals surface area contributed by atoms with E-state index >= 15 is 0 Å². The molecular formula is C17H18ClN7. The Bertz CT molecular complexity index is 828. The molecule has 0 radical (unpaired) electrons. The molecule has 25 heavy (non-hydrogen) atoms. The number of nitrogens with zero attached hydrogens (tertiary/aromatic N) is 7. The number of benzene rings is 1. The van der Waals surface area contributed by atoms with E-state index in [2.05, 4.69) is 29.9 Å². The third kappa shape index (κ3) is 3.47. The molecule has 1 aliphatic heterocycles. The van der Waals surface area contributed by atoms with Gasteiger partial charge in [-0.1, -0.05) is 23.7 Å². The molecule has 0 bridgehead atoms. The number of hydrogen-bond donors (Lipinski definition) is 0. The first-order chi connectivity index (χ1) is 12.3. The highest BCUT2D eigenvalue weighted by atomic mass is 35.5. The Labute approximate surface area is 150 Å². The van der Waals surface area contributed by atoms with Crippen LogP contribution in [0.5, 0.6) is 0 Å². The van der Waals surface area contributed by atoms with E-state index in [1.165, 1.54) is 0 Å². The van der Waals surface area contributed by atoms with E-state index in [1.807, 2.05) is 35.0 Å². The molecule has 3 heterocycles. The van der Waals surface area contributed by atoms with Crippen LogP contribution >= 0.6 is 11.6 Å². The first-order valence-corrected chi connectivity index (χ1v) is 8.56. The molecule has 4 rings (SSSR count). The van der Waals surface area contributed by atoms with Crippen LogP contribution in [0.15, 0.2) is 49.1 Å². The van der Waals surface area contributed by atoms with Crippen molar-refractivity contribution in [1.82, 2.24) is 29.6 Å². The van der Waals surface area contributed by atoms with E-state index < -0.39 is 0 Å². The summed E-state index contributed by atoms with van der Waals surface area (Å²) in [7, 11) is 0. The Balaban J connectivity index is 1.43. The molecule has 2 aromatic heterocycles. The molecule has 0 saturated carbocycles. The van der Waals surface area contributed by atoms with Crippen LogP contribution < -0.4 is 4.90 Å². The molecule has 1 aliphatic rings. The van der Waals surface area contributed by atoms with Crippen molar-refractivity contribution in [2.24, 2.45) is 0 Å². The van der Waals surface area contributed by atoms with Crippen LogP contribution in [0.2, 0.25) is 5.02 Å². The highest BCUT2D eigenvalue weighted by Gasteiger charge is 2.20. The van der Waals surface area contributed by atoms with Crippen molar-refractivity contribution in [3.63, 3.8) is 0 Å². The molecule has 128 valence electrons. The Morgan fingerprint density at radius 3 is 2.44 bits per heavy atom. The van der Waals surface area contributed by atoms with Gasteiger partial charge in [-0.25, -0.2) is 19.6 Å². The molecule has 0 amide bonds. The summed E-state index contributed by atoms with van der Waals surface area (Å²) in [6.45, 7) is 4.30. The summed E-state index contributed by atoms with van der Waals surface area (Å²) in [4.78, 5) is 17.6. The zero-order chi connectivity index (χ0) is 17.1. The minimum atomic E-state index is 0.683. The van der Waals surface area contributed by atoms with Crippen LogP contribution in [-0.4, -0.2) is 55.8 Å². The predicted molar refractivity (Wildman–Crippen MR) is 96.3 cm³/mol. The zero-order valence-electron chi connectivity index (χ0n) is 13.7. The van der Waals surface area contributed by atoms with Gasteiger partial charge in [-0.05, 0) is 18.2 Å². The van der Waals surface area contributed by atoms with Crippen LogP contribution in [0.25, 0.3) is 11.4 Å². The van der Waals surface area contributed by atoms with Gasteiger partial charge in [0.15, 0.2) is 5.82 Å². The van der Waals surface area contributed by atoms with Gasteiger partial charge in [0, 0.05) is 44.1 Å². The Morgan fingerprint density at radius 2 is 1.68 bits per heavy atom. The molecule has 0 atom stereocenters. The minimum Gasteiger partial charge on any atom is -0.338 e. The molecule has 0 aliphatic carbocycles. The van der Waals surface area contributed by atoms with Crippen LogP contribution in [0.4, 0.5) is 5.95 Å². The van der Waals surface area contributed by atoms with Gasteiger partial charge >= 0.3 is 0 Å². The molecule has 7 nitrogen and oxygen atoms in total. The van der Waals surface area contributed by atoms with E-state index in [0.717, 1.165) is 43.5 Å². The fourth-order valence-corrected chi connectivity index (χ4v) is 3.17. The summed E-state index contributed by atoms with van der Waals surface area (Å²) in [5, 5.41) is 5.06. The lowest BCUT2D eigenvalue weighted by Crippen LogP contribution is -2.47. The van der Waals surface area contributed by atoms with Gasteiger partial charge in [0.2, 0.25) is 5.95 Å². The second kappa shape index (κ2) is 7.16. The molecule has 0 N–H and O–H groups in total. The van der Waals surface area contributed by atoms with Crippen LogP contribution in [0, 0.1) is 0 Å². The Morgan fingerprint density at radius 1 is 0.920 bits per heavy atom. The van der Waals surface area contributed by atoms with E-state index in [9.17, 15) is 0 Å². The number of piperazine rings is 1. The van der Waals surface area contributed by atoms with Crippen LogP contribution in [0.3, 0.4) is 0 Å². The Kier molecular flexibility index (Phi) is 4.58. The predicted octanol–water partition coefficient (Wildman–Crippen LogP) is 2.17. The lowest BCUT2D eigenvalue weighted by atomic mass is 10.2. The number of hydrogen-bond acceptors (Lipinski definition) is 6. The van der Waals surface area contributed by atoms with Crippen molar-refractivity contribution in [1.29, 1.82) is 0 Å². The summed E-state index contributed by atoms with van der Waals surface area (Å²) in [5.41, 5.74) is 0.901. The molecule has 1 saturated heterocycles. The second-order valence-electron chi connectivity index (χ2n) is 5.86. The summed E-state index contributed by atoms with van der Waals surface area (Å²) in [6.07, 6.45) is 5.13. The number of anilines is 1. The van der Waals surface area contributed by atoms with Gasteiger partial charge < -0.3 is 4.90 Å². The van der Waals surface area contributed by atoms with Crippen LogP contribution in [0.1, 0.15) is 0 Å². The maximum absolute atomic E-state index is 6.30. The fraction of sp³-hybridized carbons (Fsp3) is 0.294. The Hall–Kier alpha value is -2.51. The molecular weight excluding hydrogens is 338 g/mol. The number of halogens is 1. The maximum atomic E-state index is 6.30. The first-order valence-electron chi connectivity index (χ1n) is 8.18. The highest BCUT2D eigenvalue weighted by Crippen LogP contribution is 2.25. The normalized spacial score (nSPS) is 15.5. The van der Waals surface area contributed by atoms with Crippen molar-refractivity contribution < 1.29 is 0 Å². The molecule has 3 aromatic rings. The van der Waals surface area contributed by atoms with Gasteiger partial charge in [-0.15, -0.1) is 0 Å². The topological polar surface area (TPSA) is 63.0 Å². The zero-order valence-corrected chi connectivity index (χ0v) is 14.4. The fourth-order valence-electron chi connectivity index (χ4n) is 2.95. The van der Waals surface area contributed by atoms with Crippen molar-refractivity contribution in [2.45, 2.75) is 6.67 Å². The van der Waals surface area contributed by atoms with Crippen LogP contribution in [-0.2, 0) is 6.67 Å². The molecule has 8 heteroatoms. The lowest BCUT2D eigenvalue weighted by Gasteiger charge is -2.34. The smallest absolute Gasteiger partial charge is 0.225 e. The quantitative estimate of drug-likeness (QED) is 0.714. The van der Waals surface area contributed by atoms with Gasteiger partial charge in [0.25, 0.3) is 0 Å². The molecule has 0 unspecified atom stereocenters. The number of rotatable bonds is 4. The number of aromatic nitrogens is 5. The first kappa shape index (κ1) is 16.0. The van der Waals surface area contributed by atoms with E-state index in [-0.39, 0.29) is 0 Å². The van der Waals surface area contributed by atoms with Crippen molar-refractivity contribution in [3.8, 4) is 11.4 Å².